The fraction of sp³-hybridized carbons (Fsp3) is 0.758. The number of amides is 1. The predicted octanol–water partition coefficient (Wildman–Crippen LogP) is 10.1. The van der Waals surface area contributed by atoms with E-state index in [4.69, 9.17) is 71.4 Å². The van der Waals surface area contributed by atoms with Crippen molar-refractivity contribution in [2.45, 2.75) is 155 Å². The fourth-order valence-electron chi connectivity index (χ4n) is 8.90. The maximum Gasteiger partial charge on any atom is 0.321 e. The van der Waals surface area contributed by atoms with Crippen molar-refractivity contribution in [1.82, 2.24) is 5.32 Å². The Labute approximate surface area is 515 Å². The number of carboxylic acids is 1. The topological polar surface area (TPSA) is 230 Å². The van der Waals surface area contributed by atoms with Crippen LogP contribution in [0, 0.1) is 5.41 Å². The van der Waals surface area contributed by atoms with Crippen molar-refractivity contribution in [1.29, 1.82) is 0 Å². The van der Waals surface area contributed by atoms with Crippen molar-refractivity contribution in [3.8, 4) is 0 Å². The number of hydrogen-bond acceptors (Lipinski definition) is 18. The standard InChI is InChI=1S/C66H111NO19/c1-2-3-4-5-6-8-11-14-23-31-66(65(72)86-59-61-27-20-17-21-28-61,32-24-15-12-9-7-10-13-22-29-63(70)85-58-60-25-18-16-19-26-60)64(71)67-33-35-74-37-39-76-41-43-78-45-47-80-49-51-82-53-55-84-57-56-83-54-52-81-50-48-79-46-44-77-42-40-75-38-36-73-34-30-62(68)69/h16-21,25-28H,2-15,22-24,29-59H2,1H3,(H,67,71)(H,68,69)/t66-/m0/s1. The minimum Gasteiger partial charge on any atom is -0.481 e. The first-order valence-electron chi connectivity index (χ1n) is 32.2. The van der Waals surface area contributed by atoms with Crippen molar-refractivity contribution >= 4 is 23.8 Å². The number of benzene rings is 2. The summed E-state index contributed by atoms with van der Waals surface area (Å²) in [5, 5.41) is 11.6. The van der Waals surface area contributed by atoms with Crippen LogP contribution >= 0.6 is 0 Å². The minimum atomic E-state index is -1.29. The monoisotopic (exact) mass is 1220 g/mol. The molecule has 0 fully saturated rings. The molecule has 0 unspecified atom stereocenters. The predicted molar refractivity (Wildman–Crippen MR) is 328 cm³/mol. The van der Waals surface area contributed by atoms with E-state index in [0.29, 0.717) is 171 Å². The molecule has 2 aromatic rings. The lowest BCUT2D eigenvalue weighted by Gasteiger charge is -2.31. The van der Waals surface area contributed by atoms with Gasteiger partial charge in [-0.15, -0.1) is 0 Å². The van der Waals surface area contributed by atoms with E-state index in [1.54, 1.807) is 0 Å². The van der Waals surface area contributed by atoms with E-state index in [9.17, 15) is 19.2 Å². The molecule has 20 heteroatoms. The number of esters is 2. The largest absolute Gasteiger partial charge is 0.481 e. The third-order valence-electron chi connectivity index (χ3n) is 13.8. The zero-order valence-electron chi connectivity index (χ0n) is 52.5. The summed E-state index contributed by atoms with van der Waals surface area (Å²) in [6, 6.07) is 19.4. The van der Waals surface area contributed by atoms with Gasteiger partial charge < -0.3 is 76.7 Å². The summed E-state index contributed by atoms with van der Waals surface area (Å²) in [6.45, 7) is 13.0. The molecule has 86 heavy (non-hydrogen) atoms. The van der Waals surface area contributed by atoms with Gasteiger partial charge in [0, 0.05) is 13.0 Å². The summed E-state index contributed by atoms with van der Waals surface area (Å²) >= 11 is 0. The fourth-order valence-corrected chi connectivity index (χ4v) is 8.90. The highest BCUT2D eigenvalue weighted by Gasteiger charge is 2.46. The third-order valence-corrected chi connectivity index (χ3v) is 13.8. The van der Waals surface area contributed by atoms with Crippen molar-refractivity contribution in [3.63, 3.8) is 0 Å². The summed E-state index contributed by atoms with van der Waals surface area (Å²) < 4.78 is 77.6. The number of carboxylic acid groups (broad SMARTS) is 1. The number of carbonyl (C=O) groups excluding carboxylic acids is 3. The molecule has 0 aliphatic carbocycles. The number of nitrogens with one attached hydrogen (secondary N) is 1. The van der Waals surface area contributed by atoms with E-state index in [-0.39, 0.29) is 44.7 Å². The van der Waals surface area contributed by atoms with Crippen LogP contribution in [0.4, 0.5) is 0 Å². The molecule has 0 saturated heterocycles. The van der Waals surface area contributed by atoms with Crippen LogP contribution in [0.2, 0.25) is 0 Å². The Morgan fingerprint density at radius 3 is 1.01 bits per heavy atom. The smallest absolute Gasteiger partial charge is 0.321 e. The lowest BCUT2D eigenvalue weighted by atomic mass is 9.76. The average Bonchev–Trinajstić information content (AvgIpc) is 2.79. The van der Waals surface area contributed by atoms with Crippen LogP contribution in [0.25, 0.3) is 0 Å². The zero-order chi connectivity index (χ0) is 61.6. The second kappa shape index (κ2) is 59.8. The van der Waals surface area contributed by atoms with Gasteiger partial charge in [0.05, 0.1) is 165 Å². The molecule has 2 rings (SSSR count). The van der Waals surface area contributed by atoms with Crippen LogP contribution in [0.1, 0.15) is 153 Å². The van der Waals surface area contributed by atoms with Crippen molar-refractivity contribution < 1.29 is 90.6 Å². The number of hydrogen-bond donors (Lipinski definition) is 2. The van der Waals surface area contributed by atoms with Gasteiger partial charge in [0.25, 0.3) is 0 Å². The van der Waals surface area contributed by atoms with Crippen LogP contribution in [-0.4, -0.2) is 194 Å². The van der Waals surface area contributed by atoms with Crippen LogP contribution < -0.4 is 5.32 Å². The van der Waals surface area contributed by atoms with Crippen LogP contribution in [0.5, 0.6) is 0 Å². The summed E-state index contributed by atoms with van der Waals surface area (Å²) in [6.07, 6.45) is 19.2. The molecule has 20 nitrogen and oxygen atoms in total. The second-order valence-corrected chi connectivity index (χ2v) is 20.9. The average molecular weight is 1220 g/mol. The number of ether oxygens (including phenoxy) is 14. The summed E-state index contributed by atoms with van der Waals surface area (Å²) in [5.41, 5.74) is 0.583. The summed E-state index contributed by atoms with van der Waals surface area (Å²) in [4.78, 5) is 51.2. The van der Waals surface area contributed by atoms with Crippen LogP contribution in [-0.2, 0) is 98.7 Å². The molecular weight excluding hydrogens is 1110 g/mol. The lowest BCUT2D eigenvalue weighted by Crippen LogP contribution is -2.48. The molecular formula is C66H111NO19. The first kappa shape index (κ1) is 77.9. The molecule has 0 aromatic heterocycles. The molecule has 0 spiro atoms. The van der Waals surface area contributed by atoms with Gasteiger partial charge in [-0.1, -0.05) is 170 Å². The van der Waals surface area contributed by atoms with E-state index in [0.717, 1.165) is 88.2 Å². The van der Waals surface area contributed by atoms with Gasteiger partial charge in [-0.2, -0.15) is 0 Å². The summed E-state index contributed by atoms with van der Waals surface area (Å²) in [5.74, 6) is -1.78. The number of carbonyl (C=O) groups is 4. The first-order valence-corrected chi connectivity index (χ1v) is 32.2. The van der Waals surface area contributed by atoms with Gasteiger partial charge in [-0.05, 0) is 30.4 Å². The minimum absolute atomic E-state index is 0.0136. The van der Waals surface area contributed by atoms with Crippen molar-refractivity contribution in [2.75, 3.05) is 165 Å². The third kappa shape index (κ3) is 47.8. The van der Waals surface area contributed by atoms with E-state index in [1.165, 1.54) is 32.1 Å². The Hall–Kier alpha value is -4.16. The highest BCUT2D eigenvalue weighted by atomic mass is 16.6. The molecule has 0 aliphatic heterocycles. The van der Waals surface area contributed by atoms with Gasteiger partial charge in [-0.3, -0.25) is 19.2 Å². The van der Waals surface area contributed by atoms with E-state index >= 15 is 0 Å². The molecule has 0 aliphatic rings. The Morgan fingerprint density at radius 1 is 0.360 bits per heavy atom. The maximum atomic E-state index is 14.3. The van der Waals surface area contributed by atoms with Crippen LogP contribution in [0.3, 0.4) is 0 Å². The molecule has 2 aromatic carbocycles. The van der Waals surface area contributed by atoms with E-state index in [2.05, 4.69) is 12.2 Å². The van der Waals surface area contributed by atoms with Gasteiger partial charge in [0.1, 0.15) is 18.6 Å². The van der Waals surface area contributed by atoms with E-state index < -0.39 is 17.4 Å². The number of rotatable bonds is 66. The van der Waals surface area contributed by atoms with Gasteiger partial charge >= 0.3 is 17.9 Å². The molecule has 494 valence electrons. The van der Waals surface area contributed by atoms with Gasteiger partial charge in [0.15, 0.2) is 0 Å². The Morgan fingerprint density at radius 2 is 0.663 bits per heavy atom. The lowest BCUT2D eigenvalue weighted by molar-refractivity contribution is -0.164. The molecule has 1 amide bonds. The Bertz CT molecular complexity index is 1830. The Kier molecular flexibility index (Phi) is 54.2. The quantitative estimate of drug-likeness (QED) is 0.0356. The van der Waals surface area contributed by atoms with E-state index in [1.807, 2.05) is 60.7 Å². The Balaban J connectivity index is 1.53. The van der Waals surface area contributed by atoms with Crippen molar-refractivity contribution in [3.05, 3.63) is 71.8 Å². The molecule has 0 saturated carbocycles. The first-order chi connectivity index (χ1) is 42.4. The van der Waals surface area contributed by atoms with Crippen molar-refractivity contribution in [2.24, 2.45) is 5.41 Å². The van der Waals surface area contributed by atoms with Gasteiger partial charge in [-0.25, -0.2) is 0 Å². The maximum absolute atomic E-state index is 14.3. The highest BCUT2D eigenvalue weighted by Crippen LogP contribution is 2.35. The highest BCUT2D eigenvalue weighted by molar-refractivity contribution is 6.02. The number of unbranched alkanes of at least 4 members (excludes halogenated alkanes) is 15. The molecule has 1 atom stereocenters. The van der Waals surface area contributed by atoms with Crippen LogP contribution in [0.15, 0.2) is 60.7 Å². The summed E-state index contributed by atoms with van der Waals surface area (Å²) in [7, 11) is 0. The molecule has 2 N–H and O–H groups in total. The molecule has 0 heterocycles. The number of aliphatic carboxylic acids is 1. The molecule has 0 bridgehead atoms. The zero-order valence-corrected chi connectivity index (χ0v) is 52.5. The molecule has 0 radical (unpaired) electrons. The second-order valence-electron chi connectivity index (χ2n) is 20.9. The SMILES string of the molecule is CCCCCCCCCCC[C@](CCCCCCCCCCC(=O)OCc1ccccc1)(C(=O)NCCOCCOCCOCCOCCOCCOCCOCCOCCOCCOCCOCCOCCC(=O)O)C(=O)OCc1ccccc1. The van der Waals surface area contributed by atoms with Gasteiger partial charge in [0.2, 0.25) is 5.91 Å². The normalized spacial score (nSPS) is 12.1.